The van der Waals surface area contributed by atoms with E-state index in [-0.39, 0.29) is 0 Å². The lowest BCUT2D eigenvalue weighted by molar-refractivity contribution is 0.248. The van der Waals surface area contributed by atoms with Gasteiger partial charge in [0, 0.05) is 0 Å². The molecule has 0 aliphatic heterocycles. The molecule has 0 nitrogen and oxygen atoms in total. The van der Waals surface area contributed by atoms with Crippen LogP contribution >= 0.6 is 0 Å². The van der Waals surface area contributed by atoms with Crippen LogP contribution in [0.3, 0.4) is 0 Å². The molecule has 0 aromatic heterocycles. The Kier molecular flexibility index (Phi) is 1.97. The third-order valence-corrected chi connectivity index (χ3v) is 4.08. The van der Waals surface area contributed by atoms with Crippen molar-refractivity contribution in [2.75, 3.05) is 0 Å². The standard InChI is InChI=1S/C12H22/c1-9(2)6-10-4-5-12(3)8-11(12)7-10/h9-11H,4-8H2,1-3H3. The fourth-order valence-corrected chi connectivity index (χ4v) is 3.11. The lowest BCUT2D eigenvalue weighted by Gasteiger charge is -2.26. The molecule has 2 rings (SSSR count). The molecule has 0 N–H and O–H groups in total. The van der Waals surface area contributed by atoms with Crippen molar-refractivity contribution in [3.63, 3.8) is 0 Å². The Morgan fingerprint density at radius 3 is 2.75 bits per heavy atom. The minimum Gasteiger partial charge on any atom is -0.0628 e. The second-order valence-electron chi connectivity index (χ2n) is 5.83. The fourth-order valence-electron chi connectivity index (χ4n) is 3.11. The molecule has 3 atom stereocenters. The van der Waals surface area contributed by atoms with E-state index in [1.807, 2.05) is 0 Å². The molecule has 0 bridgehead atoms. The number of hydrogen-bond donors (Lipinski definition) is 0. The van der Waals surface area contributed by atoms with Gasteiger partial charge in [-0.25, -0.2) is 0 Å². The predicted molar refractivity (Wildman–Crippen MR) is 53.0 cm³/mol. The van der Waals surface area contributed by atoms with Crippen molar-refractivity contribution in [3.05, 3.63) is 0 Å². The van der Waals surface area contributed by atoms with Crippen LogP contribution in [0.2, 0.25) is 0 Å². The summed E-state index contributed by atoms with van der Waals surface area (Å²) in [7, 11) is 0. The first-order valence-corrected chi connectivity index (χ1v) is 5.60. The number of rotatable bonds is 2. The monoisotopic (exact) mass is 166 g/mol. The van der Waals surface area contributed by atoms with Gasteiger partial charge in [0.2, 0.25) is 0 Å². The molecule has 0 aromatic carbocycles. The molecule has 0 aromatic rings. The highest BCUT2D eigenvalue weighted by atomic mass is 14.6. The average Bonchev–Trinajstić information content (AvgIpc) is 2.59. The number of hydrogen-bond acceptors (Lipinski definition) is 0. The maximum absolute atomic E-state index is 2.49. The van der Waals surface area contributed by atoms with E-state index in [0.717, 1.165) is 23.2 Å². The Morgan fingerprint density at radius 1 is 1.42 bits per heavy atom. The van der Waals surface area contributed by atoms with Gasteiger partial charge in [-0.3, -0.25) is 0 Å². The van der Waals surface area contributed by atoms with Gasteiger partial charge < -0.3 is 0 Å². The largest absolute Gasteiger partial charge is 0.0628 e. The van der Waals surface area contributed by atoms with E-state index in [4.69, 9.17) is 0 Å². The quantitative estimate of drug-likeness (QED) is 0.584. The maximum atomic E-state index is 2.49. The highest BCUT2D eigenvalue weighted by molar-refractivity contribution is 5.02. The minimum atomic E-state index is 0.813. The zero-order valence-corrected chi connectivity index (χ0v) is 8.77. The van der Waals surface area contributed by atoms with E-state index in [1.54, 1.807) is 12.8 Å². The molecule has 0 spiro atoms. The van der Waals surface area contributed by atoms with E-state index in [9.17, 15) is 0 Å². The second kappa shape index (κ2) is 2.75. The molecule has 3 unspecified atom stereocenters. The normalized spacial score (nSPS) is 46.0. The Bertz CT molecular complexity index is 171. The van der Waals surface area contributed by atoms with Crippen LogP contribution in [-0.2, 0) is 0 Å². The van der Waals surface area contributed by atoms with Crippen molar-refractivity contribution in [1.82, 2.24) is 0 Å². The molecular weight excluding hydrogens is 144 g/mol. The summed E-state index contributed by atoms with van der Waals surface area (Å²) in [6.07, 6.45) is 7.61. The summed E-state index contributed by atoms with van der Waals surface area (Å²) in [6, 6.07) is 0. The van der Waals surface area contributed by atoms with Crippen molar-refractivity contribution < 1.29 is 0 Å². The summed E-state index contributed by atoms with van der Waals surface area (Å²) in [5, 5.41) is 0. The van der Waals surface area contributed by atoms with Crippen molar-refractivity contribution in [2.45, 2.75) is 52.9 Å². The molecule has 0 heterocycles. The van der Waals surface area contributed by atoms with E-state index >= 15 is 0 Å². The van der Waals surface area contributed by atoms with Crippen molar-refractivity contribution in [3.8, 4) is 0 Å². The first-order valence-electron chi connectivity index (χ1n) is 5.60. The summed E-state index contributed by atoms with van der Waals surface area (Å²) < 4.78 is 0. The molecule has 0 saturated heterocycles. The molecule has 0 amide bonds. The predicted octanol–water partition coefficient (Wildman–Crippen LogP) is 3.86. The summed E-state index contributed by atoms with van der Waals surface area (Å²) in [5.41, 5.74) is 0.813. The van der Waals surface area contributed by atoms with Gasteiger partial charge in [-0.1, -0.05) is 20.8 Å². The molecule has 2 aliphatic carbocycles. The highest BCUT2D eigenvalue weighted by Crippen LogP contribution is 2.62. The van der Waals surface area contributed by atoms with E-state index in [1.165, 1.54) is 19.3 Å². The third kappa shape index (κ3) is 1.53. The Morgan fingerprint density at radius 2 is 2.17 bits per heavy atom. The van der Waals surface area contributed by atoms with Crippen molar-refractivity contribution in [1.29, 1.82) is 0 Å². The molecule has 0 heteroatoms. The van der Waals surface area contributed by atoms with Gasteiger partial charge in [-0.2, -0.15) is 0 Å². The van der Waals surface area contributed by atoms with Crippen LogP contribution in [0.1, 0.15) is 52.9 Å². The Labute approximate surface area is 76.7 Å². The van der Waals surface area contributed by atoms with Gasteiger partial charge in [0.15, 0.2) is 0 Å². The number of fused-ring (bicyclic) bond motifs is 1. The lowest BCUT2D eigenvalue weighted by atomic mass is 9.79. The first kappa shape index (κ1) is 8.59. The van der Waals surface area contributed by atoms with E-state index in [2.05, 4.69) is 20.8 Å². The van der Waals surface area contributed by atoms with Crippen LogP contribution in [0.5, 0.6) is 0 Å². The van der Waals surface area contributed by atoms with Crippen molar-refractivity contribution in [2.24, 2.45) is 23.2 Å². The first-order chi connectivity index (χ1) is 5.60. The van der Waals surface area contributed by atoms with E-state index in [0.29, 0.717) is 0 Å². The summed E-state index contributed by atoms with van der Waals surface area (Å²) >= 11 is 0. The van der Waals surface area contributed by atoms with Crippen LogP contribution in [0.15, 0.2) is 0 Å². The maximum Gasteiger partial charge on any atom is -0.0294 e. The van der Waals surface area contributed by atoms with Gasteiger partial charge >= 0.3 is 0 Å². The molecule has 2 fully saturated rings. The van der Waals surface area contributed by atoms with Crippen LogP contribution in [0, 0.1) is 23.2 Å². The zero-order chi connectivity index (χ0) is 8.77. The van der Waals surface area contributed by atoms with Gasteiger partial charge in [0.25, 0.3) is 0 Å². The topological polar surface area (TPSA) is 0 Å². The van der Waals surface area contributed by atoms with Crippen LogP contribution in [-0.4, -0.2) is 0 Å². The average molecular weight is 166 g/mol. The van der Waals surface area contributed by atoms with Gasteiger partial charge in [-0.15, -0.1) is 0 Å². The van der Waals surface area contributed by atoms with Gasteiger partial charge in [0.1, 0.15) is 0 Å². The molecule has 2 aliphatic rings. The molecule has 70 valence electrons. The molecule has 2 saturated carbocycles. The van der Waals surface area contributed by atoms with E-state index < -0.39 is 0 Å². The lowest BCUT2D eigenvalue weighted by Crippen LogP contribution is -2.15. The molecule has 0 radical (unpaired) electrons. The zero-order valence-electron chi connectivity index (χ0n) is 8.77. The molecular formula is C12H22. The minimum absolute atomic E-state index is 0.813. The Balaban J connectivity index is 1.82. The van der Waals surface area contributed by atoms with Gasteiger partial charge in [-0.05, 0) is 55.3 Å². The third-order valence-electron chi connectivity index (χ3n) is 4.08. The summed E-state index contributed by atoms with van der Waals surface area (Å²) in [5.74, 6) is 3.11. The highest BCUT2D eigenvalue weighted by Gasteiger charge is 2.52. The summed E-state index contributed by atoms with van der Waals surface area (Å²) in [4.78, 5) is 0. The second-order valence-corrected chi connectivity index (χ2v) is 5.83. The SMILES string of the molecule is CC(C)CC1CCC2(C)CC2C1. The summed E-state index contributed by atoms with van der Waals surface area (Å²) in [6.45, 7) is 7.21. The smallest absolute Gasteiger partial charge is 0.0294 e. The molecule has 12 heavy (non-hydrogen) atoms. The fraction of sp³-hybridized carbons (Fsp3) is 1.00. The van der Waals surface area contributed by atoms with Crippen molar-refractivity contribution >= 4 is 0 Å². The van der Waals surface area contributed by atoms with Crippen LogP contribution < -0.4 is 0 Å². The Hall–Kier alpha value is 0. The van der Waals surface area contributed by atoms with Gasteiger partial charge in [0.05, 0.1) is 0 Å². The van der Waals surface area contributed by atoms with Crippen LogP contribution in [0.4, 0.5) is 0 Å². The van der Waals surface area contributed by atoms with Crippen LogP contribution in [0.25, 0.3) is 0 Å².